The van der Waals surface area contributed by atoms with E-state index in [1.807, 2.05) is 12.1 Å². The summed E-state index contributed by atoms with van der Waals surface area (Å²) in [7, 11) is -1.77. The van der Waals surface area contributed by atoms with Gasteiger partial charge in [-0.1, -0.05) is 18.2 Å². The number of ether oxygens (including phenoxy) is 1. The molecule has 31 heavy (non-hydrogen) atoms. The van der Waals surface area contributed by atoms with Crippen molar-refractivity contribution in [3.63, 3.8) is 0 Å². The molecule has 1 aromatic heterocycles. The van der Waals surface area contributed by atoms with Crippen LogP contribution in [0.4, 0.5) is 27.8 Å². The van der Waals surface area contributed by atoms with E-state index in [4.69, 9.17) is 24.0 Å². The van der Waals surface area contributed by atoms with Gasteiger partial charge >= 0.3 is 14.3 Å². The van der Waals surface area contributed by atoms with Gasteiger partial charge in [0.25, 0.3) is 5.92 Å². The van der Waals surface area contributed by atoms with Gasteiger partial charge in [-0.25, -0.2) is 26.7 Å². The SMILES string of the molecule is FCF.Nc1nc(=O)n(C2OC(COP3OCc4ccccc4O3)CC2(F)F)cc1F. The van der Waals surface area contributed by atoms with Crippen molar-refractivity contribution in [1.29, 1.82) is 0 Å². The van der Waals surface area contributed by atoms with Crippen LogP contribution in [0.1, 0.15) is 18.2 Å². The smallest absolute Gasteiger partial charge is 0.397 e. The summed E-state index contributed by atoms with van der Waals surface area (Å²) in [5, 5.41) is 0. The largest absolute Gasteiger partial charge is 0.426 e. The lowest BCUT2D eigenvalue weighted by Crippen LogP contribution is -2.35. The van der Waals surface area contributed by atoms with Crippen molar-refractivity contribution in [2.24, 2.45) is 0 Å². The summed E-state index contributed by atoms with van der Waals surface area (Å²) in [5.74, 6) is -4.59. The number of nitrogens with two attached hydrogens (primary N) is 1. The topological polar surface area (TPSA) is 97.8 Å². The van der Waals surface area contributed by atoms with Crippen LogP contribution in [-0.2, 0) is 20.4 Å². The average molecular weight is 469 g/mol. The van der Waals surface area contributed by atoms with Gasteiger partial charge in [0.05, 0.1) is 25.5 Å². The number of nitrogens with zero attached hydrogens (tertiary/aromatic N) is 2. The van der Waals surface area contributed by atoms with E-state index in [0.717, 1.165) is 5.56 Å². The van der Waals surface area contributed by atoms with Crippen LogP contribution in [0.5, 0.6) is 5.75 Å². The van der Waals surface area contributed by atoms with Crippen LogP contribution in [0.25, 0.3) is 0 Å². The fourth-order valence-corrected chi connectivity index (χ4v) is 3.93. The fraction of sp³-hybridized carbons (Fsp3) is 0.412. The van der Waals surface area contributed by atoms with E-state index in [2.05, 4.69) is 4.98 Å². The van der Waals surface area contributed by atoms with Crippen LogP contribution in [0.15, 0.2) is 35.3 Å². The van der Waals surface area contributed by atoms with E-state index >= 15 is 0 Å². The zero-order valence-corrected chi connectivity index (χ0v) is 16.6. The van der Waals surface area contributed by atoms with Gasteiger partial charge in [0.15, 0.2) is 11.6 Å². The molecule has 170 valence electrons. The number of fused-ring (bicyclic) bond motifs is 1. The van der Waals surface area contributed by atoms with Crippen molar-refractivity contribution in [1.82, 2.24) is 9.55 Å². The summed E-state index contributed by atoms with van der Waals surface area (Å²) in [6.07, 6.45) is -3.24. The highest BCUT2D eigenvalue weighted by Gasteiger charge is 2.52. The lowest BCUT2D eigenvalue weighted by molar-refractivity contribution is -0.120. The number of halogens is 5. The fourth-order valence-electron chi connectivity index (χ4n) is 2.88. The number of para-hydroxylation sites is 1. The Labute approximate surface area is 173 Å². The molecule has 2 aromatic rings. The van der Waals surface area contributed by atoms with Gasteiger partial charge in [-0.15, -0.1) is 0 Å². The van der Waals surface area contributed by atoms with E-state index < -0.39 is 57.5 Å². The standard InChI is InChI=1S/C16H15F3N3O5P.CH2F2/c17-11-6-22(15(23)21-13(11)20)14-16(18,19)5-10(26-14)8-25-28-24-7-9-3-1-2-4-12(9)27-28;2-1-3/h1-4,6,10,14H,5,7-8H2,(H2,20,21,23);1H2. The number of hydrogen-bond donors (Lipinski definition) is 1. The predicted molar refractivity (Wildman–Crippen MR) is 98.2 cm³/mol. The molecule has 0 bridgehead atoms. The third kappa shape index (κ3) is 5.48. The lowest BCUT2D eigenvalue weighted by atomic mass is 10.2. The Morgan fingerprint density at radius 3 is 2.77 bits per heavy atom. The molecule has 1 saturated heterocycles. The molecule has 0 spiro atoms. The average Bonchev–Trinajstić information content (AvgIpc) is 3.03. The Morgan fingerprint density at radius 1 is 1.32 bits per heavy atom. The number of benzene rings is 1. The maximum absolute atomic E-state index is 14.3. The molecule has 4 rings (SSSR count). The molecule has 2 aliphatic rings. The molecule has 3 atom stereocenters. The Bertz CT molecular complexity index is 966. The van der Waals surface area contributed by atoms with Crippen molar-refractivity contribution in [2.45, 2.75) is 31.3 Å². The molecule has 1 aromatic carbocycles. The molecule has 1 fully saturated rings. The number of alkyl halides is 4. The van der Waals surface area contributed by atoms with E-state index in [1.165, 1.54) is 0 Å². The molecule has 0 amide bonds. The maximum Gasteiger partial charge on any atom is 0.397 e. The van der Waals surface area contributed by atoms with Crippen LogP contribution in [0, 0.1) is 5.82 Å². The maximum atomic E-state index is 14.3. The third-order valence-corrected chi connectivity index (χ3v) is 5.25. The first kappa shape index (κ1) is 23.3. The Hall–Kier alpha value is -2.34. The number of hydrogen-bond acceptors (Lipinski definition) is 7. The molecule has 0 radical (unpaired) electrons. The molecule has 0 saturated carbocycles. The van der Waals surface area contributed by atoms with E-state index in [1.54, 1.807) is 12.1 Å². The minimum absolute atomic E-state index is 0.250. The molecule has 8 nitrogen and oxygen atoms in total. The van der Waals surface area contributed by atoms with Crippen molar-refractivity contribution in [2.75, 3.05) is 19.3 Å². The third-order valence-electron chi connectivity index (χ3n) is 4.21. The molecule has 3 unspecified atom stereocenters. The quantitative estimate of drug-likeness (QED) is 0.540. The lowest BCUT2D eigenvalue weighted by Gasteiger charge is -2.24. The van der Waals surface area contributed by atoms with Crippen LogP contribution >= 0.6 is 8.60 Å². The minimum Gasteiger partial charge on any atom is -0.426 e. The van der Waals surface area contributed by atoms with E-state index in [9.17, 15) is 26.7 Å². The summed E-state index contributed by atoms with van der Waals surface area (Å²) in [5.41, 5.74) is 4.89. The van der Waals surface area contributed by atoms with Gasteiger partial charge in [-0.05, 0) is 6.07 Å². The van der Waals surface area contributed by atoms with Crippen molar-refractivity contribution < 1.29 is 40.3 Å². The minimum atomic E-state index is -3.43. The highest BCUT2D eigenvalue weighted by Crippen LogP contribution is 2.48. The second kappa shape index (κ2) is 9.86. The number of nitrogen functional groups attached to an aromatic ring is 1. The van der Waals surface area contributed by atoms with Gasteiger partial charge in [0.1, 0.15) is 5.75 Å². The summed E-state index contributed by atoms with van der Waals surface area (Å²) in [4.78, 5) is 15.0. The van der Waals surface area contributed by atoms with Gasteiger partial charge in [0.2, 0.25) is 13.2 Å². The first-order valence-corrected chi connectivity index (χ1v) is 9.86. The van der Waals surface area contributed by atoms with Crippen molar-refractivity contribution in [3.8, 4) is 5.75 Å². The van der Waals surface area contributed by atoms with Crippen LogP contribution in [-0.4, -0.2) is 35.1 Å². The van der Waals surface area contributed by atoms with Crippen LogP contribution < -0.4 is 15.9 Å². The zero-order valence-electron chi connectivity index (χ0n) is 15.7. The van der Waals surface area contributed by atoms with Crippen LogP contribution in [0.3, 0.4) is 0 Å². The summed E-state index contributed by atoms with van der Waals surface area (Å²) < 4.78 is 83.5. The Balaban J connectivity index is 0.000000858. The molecule has 14 heteroatoms. The molecule has 2 N–H and O–H groups in total. The number of aromatic nitrogens is 2. The van der Waals surface area contributed by atoms with Gasteiger partial charge in [-0.2, -0.15) is 4.98 Å². The first-order valence-electron chi connectivity index (χ1n) is 8.76. The summed E-state index contributed by atoms with van der Waals surface area (Å²) >= 11 is 0. The number of anilines is 1. The molecule has 3 heterocycles. The van der Waals surface area contributed by atoms with Gasteiger partial charge in [0, 0.05) is 12.0 Å². The van der Waals surface area contributed by atoms with E-state index in [-0.39, 0.29) is 13.2 Å². The second-order valence-electron chi connectivity index (χ2n) is 6.33. The molecule has 0 aliphatic carbocycles. The normalized spacial score (nSPS) is 24.0. The molecular formula is C17H17F5N3O5P. The van der Waals surface area contributed by atoms with Crippen molar-refractivity contribution in [3.05, 3.63) is 52.3 Å². The zero-order chi connectivity index (χ0) is 22.6. The Morgan fingerprint density at radius 2 is 2.03 bits per heavy atom. The van der Waals surface area contributed by atoms with Gasteiger partial charge < -0.3 is 15.0 Å². The second-order valence-corrected chi connectivity index (χ2v) is 7.48. The predicted octanol–water partition coefficient (Wildman–Crippen LogP) is 3.62. The van der Waals surface area contributed by atoms with Crippen molar-refractivity contribution >= 4 is 14.4 Å². The highest BCUT2D eigenvalue weighted by molar-refractivity contribution is 7.42. The van der Waals surface area contributed by atoms with Gasteiger partial charge in [-0.3, -0.25) is 13.6 Å². The Kier molecular flexibility index (Phi) is 7.42. The molecular weight excluding hydrogens is 452 g/mol. The summed E-state index contributed by atoms with van der Waals surface area (Å²) in [6.45, 7) is -1.72. The van der Waals surface area contributed by atoms with E-state index in [0.29, 0.717) is 16.5 Å². The monoisotopic (exact) mass is 469 g/mol. The molecule has 2 aliphatic heterocycles. The first-order chi connectivity index (χ1) is 14.7. The number of rotatable bonds is 4. The van der Waals surface area contributed by atoms with Crippen LogP contribution in [0.2, 0.25) is 0 Å². The summed E-state index contributed by atoms with van der Waals surface area (Å²) in [6, 6.07) is 7.22. The highest BCUT2D eigenvalue weighted by atomic mass is 31.2.